The third-order valence-corrected chi connectivity index (χ3v) is 13.3. The molecule has 0 saturated carbocycles. The van der Waals surface area contributed by atoms with Crippen LogP contribution in [0.2, 0.25) is 0 Å². The van der Waals surface area contributed by atoms with Crippen molar-refractivity contribution < 1.29 is 40.9 Å². The number of rotatable bonds is 15. The molecule has 0 unspecified atom stereocenters. The molecule has 0 aliphatic carbocycles. The number of hydrogen-bond acceptors (Lipinski definition) is 12. The van der Waals surface area contributed by atoms with E-state index in [1.54, 1.807) is 72.8 Å². The number of amides is 1. The maximum Gasteiger partial charge on any atom is 0.407 e. The number of nitrogens with zero attached hydrogens (tertiary/aromatic N) is 4. The lowest BCUT2D eigenvalue weighted by Gasteiger charge is -2.28. The molecule has 2 aliphatic rings. The Hall–Kier alpha value is -4.92. The van der Waals surface area contributed by atoms with Gasteiger partial charge in [-0.25, -0.2) is 31.9 Å². The first-order valence-electron chi connectivity index (χ1n) is 16.9. The van der Waals surface area contributed by atoms with Gasteiger partial charge in [0, 0.05) is 36.7 Å². The van der Waals surface area contributed by atoms with Crippen LogP contribution in [0.3, 0.4) is 0 Å². The summed E-state index contributed by atoms with van der Waals surface area (Å²) in [6.07, 6.45) is -0.978. The molecular formula is C36H40BrN7O9S2. The lowest BCUT2D eigenvalue weighted by molar-refractivity contribution is 0.155. The minimum absolute atomic E-state index is 0.0260. The number of methoxy groups -OCH3 is 3. The Morgan fingerprint density at radius 2 is 1.38 bits per heavy atom. The Morgan fingerprint density at radius 1 is 0.855 bits per heavy atom. The van der Waals surface area contributed by atoms with E-state index >= 15 is 8.42 Å². The van der Waals surface area contributed by atoms with Crippen molar-refractivity contribution in [2.45, 2.75) is 41.9 Å². The molecule has 2 aliphatic heterocycles. The minimum atomic E-state index is -4.76. The molecule has 1 amide bonds. The van der Waals surface area contributed by atoms with Gasteiger partial charge >= 0.3 is 6.09 Å². The minimum Gasteiger partial charge on any atom is -0.497 e. The highest BCUT2D eigenvalue weighted by atomic mass is 79.9. The average Bonchev–Trinajstić information content (AvgIpc) is 3.84. The highest BCUT2D eigenvalue weighted by Gasteiger charge is 2.40. The number of halogens is 1. The number of likely N-dealkylation sites (tertiary alicyclic amines) is 1. The quantitative estimate of drug-likeness (QED) is 0.134. The molecular weight excluding hydrogens is 818 g/mol. The summed E-state index contributed by atoms with van der Waals surface area (Å²) in [5.74, 6) is 1.89. The number of sulfonamides is 2. The van der Waals surface area contributed by atoms with Gasteiger partial charge in [0.2, 0.25) is 20.0 Å². The molecule has 4 aromatic rings. The maximum absolute atomic E-state index is 15.4. The first-order chi connectivity index (χ1) is 26.3. The van der Waals surface area contributed by atoms with E-state index in [0.717, 1.165) is 10.5 Å². The number of carbonyl (C=O) groups is 1. The van der Waals surface area contributed by atoms with Crippen LogP contribution in [0, 0.1) is 0 Å². The van der Waals surface area contributed by atoms with Crippen LogP contribution >= 0.6 is 15.9 Å². The Bertz CT molecular complexity index is 2210. The summed E-state index contributed by atoms with van der Waals surface area (Å²) in [4.78, 5) is 11.7. The van der Waals surface area contributed by atoms with E-state index in [-0.39, 0.29) is 55.0 Å². The molecule has 19 heteroatoms. The van der Waals surface area contributed by atoms with Crippen molar-refractivity contribution in [1.82, 2.24) is 30.0 Å². The summed E-state index contributed by atoms with van der Waals surface area (Å²) < 4.78 is 79.7. The standard InChI is InChI=1S/C36H40BrN7O9S2/c1-51-28-10-4-24(5-11-28)20-43(21-25-6-12-29(52-2)13-7-25)55(49,50)34-32(54(47,48)39-27-18-19-42(23-27)36(45)46)17-16-31(37)33(34)35-38-40-41-44(35)22-26-8-14-30(53-3)15-9-26/h4-17,27,39-41H,18-23H2,1-3H3,(H,45,46)/t27-/m1/s1. The van der Waals surface area contributed by atoms with Crippen molar-refractivity contribution in [3.8, 4) is 17.2 Å². The van der Waals surface area contributed by atoms with Crippen molar-refractivity contribution in [2.75, 3.05) is 34.4 Å². The van der Waals surface area contributed by atoms with Crippen LogP contribution in [0.15, 0.2) is 104 Å². The summed E-state index contributed by atoms with van der Waals surface area (Å²) in [6.45, 7) is -0.0913. The Morgan fingerprint density at radius 3 is 1.87 bits per heavy atom. The number of hydrazone groups is 1. The van der Waals surface area contributed by atoms with E-state index in [1.165, 1.54) is 30.7 Å². The summed E-state index contributed by atoms with van der Waals surface area (Å²) >= 11 is 3.53. The van der Waals surface area contributed by atoms with Crippen LogP contribution < -0.4 is 30.0 Å². The number of amidine groups is 1. The number of hydrogen-bond donors (Lipinski definition) is 4. The van der Waals surface area contributed by atoms with Gasteiger partial charge in [-0.05, 0) is 87.6 Å². The van der Waals surface area contributed by atoms with Gasteiger partial charge in [0.05, 0.1) is 33.4 Å². The number of benzene rings is 4. The molecule has 0 radical (unpaired) electrons. The van der Waals surface area contributed by atoms with Crippen LogP contribution in [-0.4, -0.2) is 88.5 Å². The lowest BCUT2D eigenvalue weighted by atomic mass is 10.1. The Labute approximate surface area is 327 Å². The zero-order chi connectivity index (χ0) is 39.3. The second kappa shape index (κ2) is 16.8. The zero-order valence-corrected chi connectivity index (χ0v) is 33.3. The van der Waals surface area contributed by atoms with Crippen molar-refractivity contribution in [2.24, 2.45) is 5.10 Å². The fraction of sp³-hybridized carbons (Fsp3) is 0.278. The molecule has 292 valence electrons. The summed E-state index contributed by atoms with van der Waals surface area (Å²) in [7, 11) is -4.76. The summed E-state index contributed by atoms with van der Waals surface area (Å²) in [6, 6.07) is 22.9. The second-order valence-corrected chi connectivity index (χ2v) is 17.1. The predicted molar refractivity (Wildman–Crippen MR) is 206 cm³/mol. The largest absolute Gasteiger partial charge is 0.497 e. The molecule has 0 aromatic heterocycles. The predicted octanol–water partition coefficient (Wildman–Crippen LogP) is 4.08. The zero-order valence-electron chi connectivity index (χ0n) is 30.1. The average molecular weight is 859 g/mol. The van der Waals surface area contributed by atoms with Crippen LogP contribution in [0.25, 0.3) is 0 Å². The van der Waals surface area contributed by atoms with Crippen molar-refractivity contribution >= 4 is 47.9 Å². The van der Waals surface area contributed by atoms with E-state index in [1.807, 2.05) is 12.1 Å². The van der Waals surface area contributed by atoms with Crippen molar-refractivity contribution in [1.29, 1.82) is 0 Å². The first kappa shape index (κ1) is 39.8. The van der Waals surface area contributed by atoms with Gasteiger partial charge in [-0.1, -0.05) is 36.4 Å². The Balaban J connectivity index is 1.50. The molecule has 2 heterocycles. The van der Waals surface area contributed by atoms with Gasteiger partial charge in [-0.15, -0.1) is 10.6 Å². The number of hydrazine groups is 2. The normalized spacial score (nSPS) is 15.9. The SMILES string of the molecule is COc1ccc(CN2NNN=C2c2c(Br)ccc(S(=O)(=O)N[C@@H]3CCN(C(=O)O)C3)c2S(=O)(=O)N(Cc2ccc(OC)cc2)Cc2ccc(OC)cc2)cc1. The van der Waals surface area contributed by atoms with E-state index in [9.17, 15) is 18.3 Å². The van der Waals surface area contributed by atoms with Gasteiger partial charge < -0.3 is 24.2 Å². The molecule has 0 spiro atoms. The van der Waals surface area contributed by atoms with Gasteiger partial charge in [-0.3, -0.25) is 5.01 Å². The van der Waals surface area contributed by atoms with E-state index in [4.69, 9.17) is 14.2 Å². The smallest absolute Gasteiger partial charge is 0.407 e. The van der Waals surface area contributed by atoms with Gasteiger partial charge in [0.25, 0.3) is 0 Å². The lowest BCUT2D eigenvalue weighted by Crippen LogP contribution is -2.42. The van der Waals surface area contributed by atoms with Crippen LogP contribution in [0.1, 0.15) is 28.7 Å². The van der Waals surface area contributed by atoms with Crippen LogP contribution in [0.5, 0.6) is 17.2 Å². The Kier molecular flexibility index (Phi) is 12.2. The monoisotopic (exact) mass is 857 g/mol. The molecule has 1 saturated heterocycles. The van der Waals surface area contributed by atoms with Crippen LogP contribution in [-0.2, 0) is 39.7 Å². The van der Waals surface area contributed by atoms with E-state index < -0.39 is 42.0 Å². The highest BCUT2D eigenvalue weighted by molar-refractivity contribution is 9.10. The molecule has 16 nitrogen and oxygen atoms in total. The molecule has 55 heavy (non-hydrogen) atoms. The number of carboxylic acid groups (broad SMARTS) is 1. The van der Waals surface area contributed by atoms with Crippen molar-refractivity contribution in [3.05, 3.63) is 112 Å². The van der Waals surface area contributed by atoms with Gasteiger partial charge in [0.15, 0.2) is 5.84 Å². The highest BCUT2D eigenvalue weighted by Crippen LogP contribution is 2.36. The number of ether oxygens (including phenoxy) is 3. The number of nitrogens with one attached hydrogen (secondary N) is 3. The van der Waals surface area contributed by atoms with E-state index in [2.05, 4.69) is 36.8 Å². The van der Waals surface area contributed by atoms with Gasteiger partial charge in [-0.2, -0.15) is 4.31 Å². The third-order valence-electron chi connectivity index (χ3n) is 9.10. The molecule has 4 N–H and O–H groups in total. The molecule has 1 fully saturated rings. The van der Waals surface area contributed by atoms with E-state index in [0.29, 0.717) is 28.4 Å². The van der Waals surface area contributed by atoms with Crippen molar-refractivity contribution in [3.63, 3.8) is 0 Å². The summed E-state index contributed by atoms with van der Waals surface area (Å²) in [5, 5.41) is 15.5. The summed E-state index contributed by atoms with van der Waals surface area (Å²) in [5.41, 5.74) is 7.61. The van der Waals surface area contributed by atoms with Gasteiger partial charge in [0.1, 0.15) is 27.0 Å². The first-order valence-corrected chi connectivity index (χ1v) is 20.6. The fourth-order valence-corrected chi connectivity index (χ4v) is 10.5. The molecule has 6 rings (SSSR count). The topological polar surface area (TPSA) is 191 Å². The third kappa shape index (κ3) is 8.98. The molecule has 4 aromatic carbocycles. The maximum atomic E-state index is 15.4. The second-order valence-electron chi connectivity index (χ2n) is 12.6. The van der Waals surface area contributed by atoms with Crippen LogP contribution in [0.4, 0.5) is 4.79 Å². The fourth-order valence-electron chi connectivity index (χ4n) is 6.22. The molecule has 0 bridgehead atoms. The molecule has 1 atom stereocenters.